The van der Waals surface area contributed by atoms with Gasteiger partial charge in [-0.05, 0) is 29.8 Å². The van der Waals surface area contributed by atoms with E-state index in [1.165, 1.54) is 12.1 Å². The molecule has 0 saturated carbocycles. The van der Waals surface area contributed by atoms with Gasteiger partial charge in [0.15, 0.2) is 0 Å². The number of carbonyl (C=O) groups is 1. The average Bonchev–Trinajstić information content (AvgIpc) is 2.69. The number of carbonyl (C=O) groups excluding carboxylic acids is 1. The number of nitrogens with one attached hydrogen (secondary N) is 1. The van der Waals surface area contributed by atoms with Gasteiger partial charge in [-0.1, -0.05) is 48.5 Å². The van der Waals surface area contributed by atoms with Gasteiger partial charge in [-0.2, -0.15) is 0 Å². The first kappa shape index (κ1) is 18.6. The molecule has 5 heteroatoms. The van der Waals surface area contributed by atoms with E-state index in [2.05, 4.69) is 5.32 Å². The van der Waals surface area contributed by atoms with Crippen LogP contribution in [0.15, 0.2) is 78.9 Å². The summed E-state index contributed by atoms with van der Waals surface area (Å²) in [5, 5.41) is 2.85. The summed E-state index contributed by atoms with van der Waals surface area (Å²) in [7, 11) is 0. The smallest absolute Gasteiger partial charge is 0.229 e. The summed E-state index contributed by atoms with van der Waals surface area (Å²) < 4.78 is 26.7. The third-order valence-electron chi connectivity index (χ3n) is 4.14. The van der Waals surface area contributed by atoms with E-state index in [4.69, 9.17) is 0 Å². The van der Waals surface area contributed by atoms with E-state index < -0.39 is 11.6 Å². The second-order valence-electron chi connectivity index (χ2n) is 6.10. The zero-order valence-corrected chi connectivity index (χ0v) is 14.7. The predicted molar refractivity (Wildman–Crippen MR) is 104 cm³/mol. The van der Waals surface area contributed by atoms with Crippen molar-refractivity contribution in [3.05, 3.63) is 96.1 Å². The number of amides is 1. The molecular formula is C22H20F2N2O. The number of benzene rings is 3. The summed E-state index contributed by atoms with van der Waals surface area (Å²) in [6, 6.07) is 22.5. The average molecular weight is 366 g/mol. The molecule has 0 aliphatic carbocycles. The molecule has 138 valence electrons. The van der Waals surface area contributed by atoms with Crippen LogP contribution in [0.5, 0.6) is 0 Å². The fraction of sp³-hybridized carbons (Fsp3) is 0.136. The second-order valence-corrected chi connectivity index (χ2v) is 6.10. The minimum absolute atomic E-state index is 0.0833. The summed E-state index contributed by atoms with van der Waals surface area (Å²) in [6.45, 7) is 0.702. The number of hydrogen-bond donors (Lipinski definition) is 1. The highest BCUT2D eigenvalue weighted by Crippen LogP contribution is 2.19. The third kappa shape index (κ3) is 5.14. The Hall–Kier alpha value is -3.21. The molecule has 0 heterocycles. The molecule has 3 nitrogen and oxygen atoms in total. The van der Waals surface area contributed by atoms with E-state index in [0.29, 0.717) is 6.54 Å². The molecule has 0 unspecified atom stereocenters. The Morgan fingerprint density at radius 3 is 2.22 bits per heavy atom. The van der Waals surface area contributed by atoms with Crippen LogP contribution < -0.4 is 10.2 Å². The van der Waals surface area contributed by atoms with E-state index >= 15 is 0 Å². The number of nitrogens with zero attached hydrogens (tertiary/aromatic N) is 1. The van der Waals surface area contributed by atoms with Crippen molar-refractivity contribution in [2.45, 2.75) is 13.0 Å². The van der Waals surface area contributed by atoms with Gasteiger partial charge in [0.05, 0.1) is 12.2 Å². The van der Waals surface area contributed by atoms with Crippen molar-refractivity contribution in [1.82, 2.24) is 0 Å². The minimum atomic E-state index is -0.674. The summed E-state index contributed by atoms with van der Waals surface area (Å²) in [5.74, 6) is -1.39. The molecule has 1 amide bonds. The first-order chi connectivity index (χ1) is 13.1. The molecule has 3 aromatic carbocycles. The van der Waals surface area contributed by atoms with Crippen molar-refractivity contribution < 1.29 is 13.6 Å². The van der Waals surface area contributed by atoms with E-state index in [0.717, 1.165) is 17.3 Å². The standard InChI is InChI=1S/C22H20F2N2O/c23-18-11-12-21(20(24)15-18)25-14-13-22(27)26(19-9-5-2-6-10-19)16-17-7-3-1-4-8-17/h1-12,15,25H,13-14,16H2. The van der Waals surface area contributed by atoms with Gasteiger partial charge in [-0.3, -0.25) is 4.79 Å². The van der Waals surface area contributed by atoms with Gasteiger partial charge in [0.1, 0.15) is 11.6 Å². The van der Waals surface area contributed by atoms with Crippen LogP contribution in [0.4, 0.5) is 20.2 Å². The largest absolute Gasteiger partial charge is 0.382 e. The van der Waals surface area contributed by atoms with Gasteiger partial charge in [-0.15, -0.1) is 0 Å². The van der Waals surface area contributed by atoms with Crippen LogP contribution in [0.25, 0.3) is 0 Å². The molecule has 3 aromatic rings. The van der Waals surface area contributed by atoms with Crippen molar-refractivity contribution in [3.8, 4) is 0 Å². The van der Waals surface area contributed by atoms with E-state index in [9.17, 15) is 13.6 Å². The third-order valence-corrected chi connectivity index (χ3v) is 4.14. The zero-order chi connectivity index (χ0) is 19.1. The maximum absolute atomic E-state index is 13.7. The lowest BCUT2D eigenvalue weighted by Gasteiger charge is -2.23. The lowest BCUT2D eigenvalue weighted by Crippen LogP contribution is -2.31. The Balaban J connectivity index is 1.67. The molecule has 0 aliphatic heterocycles. The lowest BCUT2D eigenvalue weighted by molar-refractivity contribution is -0.118. The Morgan fingerprint density at radius 1 is 0.889 bits per heavy atom. The van der Waals surface area contributed by atoms with Crippen molar-refractivity contribution in [2.75, 3.05) is 16.8 Å². The number of anilines is 2. The minimum Gasteiger partial charge on any atom is -0.382 e. The molecule has 0 saturated heterocycles. The zero-order valence-electron chi connectivity index (χ0n) is 14.7. The Labute approximate surface area is 157 Å². The van der Waals surface area contributed by atoms with E-state index in [1.54, 1.807) is 4.90 Å². The Bertz CT molecular complexity index is 885. The summed E-state index contributed by atoms with van der Waals surface area (Å²) in [6.07, 6.45) is 0.179. The topological polar surface area (TPSA) is 32.3 Å². The van der Waals surface area contributed by atoms with Gasteiger partial charge in [0, 0.05) is 24.7 Å². The van der Waals surface area contributed by atoms with E-state index in [-0.39, 0.29) is 24.6 Å². The highest BCUT2D eigenvalue weighted by molar-refractivity contribution is 5.93. The molecule has 0 bridgehead atoms. The number of hydrogen-bond acceptors (Lipinski definition) is 2. The predicted octanol–water partition coefficient (Wildman–Crippen LogP) is 5.00. The van der Waals surface area contributed by atoms with Crippen LogP contribution in [0, 0.1) is 11.6 Å². The molecule has 0 aliphatic rings. The van der Waals surface area contributed by atoms with Crippen LogP contribution >= 0.6 is 0 Å². The lowest BCUT2D eigenvalue weighted by atomic mass is 10.2. The van der Waals surface area contributed by atoms with E-state index in [1.807, 2.05) is 60.7 Å². The molecular weight excluding hydrogens is 346 g/mol. The molecule has 0 spiro atoms. The van der Waals surface area contributed by atoms with Crippen LogP contribution in [0.3, 0.4) is 0 Å². The molecule has 0 fully saturated rings. The quantitative estimate of drug-likeness (QED) is 0.638. The van der Waals surface area contributed by atoms with Crippen LogP contribution in [0.2, 0.25) is 0 Å². The van der Waals surface area contributed by atoms with Crippen LogP contribution in [-0.2, 0) is 11.3 Å². The second kappa shape index (κ2) is 8.94. The fourth-order valence-corrected chi connectivity index (χ4v) is 2.77. The number of rotatable bonds is 7. The Kier molecular flexibility index (Phi) is 6.15. The first-order valence-corrected chi connectivity index (χ1v) is 8.72. The summed E-state index contributed by atoms with van der Waals surface area (Å²) in [4.78, 5) is 14.5. The van der Waals surface area contributed by atoms with Crippen molar-refractivity contribution in [3.63, 3.8) is 0 Å². The number of para-hydroxylation sites is 1. The van der Waals surface area contributed by atoms with Gasteiger partial charge in [0.25, 0.3) is 0 Å². The maximum Gasteiger partial charge on any atom is 0.229 e. The molecule has 3 rings (SSSR count). The monoisotopic (exact) mass is 366 g/mol. The van der Waals surface area contributed by atoms with Gasteiger partial charge < -0.3 is 10.2 Å². The summed E-state index contributed by atoms with van der Waals surface area (Å²) >= 11 is 0. The van der Waals surface area contributed by atoms with Crippen LogP contribution in [-0.4, -0.2) is 12.5 Å². The summed E-state index contributed by atoms with van der Waals surface area (Å²) in [5.41, 5.74) is 2.00. The Morgan fingerprint density at radius 2 is 1.56 bits per heavy atom. The molecule has 27 heavy (non-hydrogen) atoms. The van der Waals surface area contributed by atoms with Crippen LogP contribution in [0.1, 0.15) is 12.0 Å². The first-order valence-electron chi connectivity index (χ1n) is 8.72. The van der Waals surface area contributed by atoms with Gasteiger partial charge in [-0.25, -0.2) is 8.78 Å². The van der Waals surface area contributed by atoms with Crippen molar-refractivity contribution >= 4 is 17.3 Å². The van der Waals surface area contributed by atoms with Gasteiger partial charge >= 0.3 is 0 Å². The fourth-order valence-electron chi connectivity index (χ4n) is 2.77. The molecule has 0 atom stereocenters. The van der Waals surface area contributed by atoms with Crippen molar-refractivity contribution in [1.29, 1.82) is 0 Å². The highest BCUT2D eigenvalue weighted by atomic mass is 19.1. The normalized spacial score (nSPS) is 10.4. The molecule has 0 aromatic heterocycles. The molecule has 1 N–H and O–H groups in total. The van der Waals surface area contributed by atoms with Gasteiger partial charge in [0.2, 0.25) is 5.91 Å². The number of halogens is 2. The maximum atomic E-state index is 13.7. The van der Waals surface area contributed by atoms with Crippen molar-refractivity contribution in [2.24, 2.45) is 0 Å². The highest BCUT2D eigenvalue weighted by Gasteiger charge is 2.16. The molecule has 0 radical (unpaired) electrons. The SMILES string of the molecule is O=C(CCNc1ccc(F)cc1F)N(Cc1ccccc1)c1ccccc1.